The van der Waals surface area contributed by atoms with Gasteiger partial charge in [0.2, 0.25) is 5.91 Å². The summed E-state index contributed by atoms with van der Waals surface area (Å²) in [6.45, 7) is 2.33. The molecule has 1 atom stereocenters. The maximum atomic E-state index is 11.6. The van der Waals surface area contributed by atoms with Gasteiger partial charge in [0.15, 0.2) is 11.5 Å². The minimum atomic E-state index is -0.00629. The first kappa shape index (κ1) is 16.8. The van der Waals surface area contributed by atoms with E-state index in [1.165, 1.54) is 0 Å². The highest BCUT2D eigenvalue weighted by atomic mass is 79.9. The second-order valence-corrected chi connectivity index (χ2v) is 5.46. The number of benzene rings is 1. The lowest BCUT2D eigenvalue weighted by Crippen LogP contribution is -2.25. The molecule has 1 rings (SSSR count). The summed E-state index contributed by atoms with van der Waals surface area (Å²) in [5, 5.41) is 2.86. The molecule has 20 heavy (non-hydrogen) atoms. The van der Waals surface area contributed by atoms with Crippen molar-refractivity contribution in [2.45, 2.75) is 32.4 Å². The molecule has 6 heteroatoms. The highest BCUT2D eigenvalue weighted by Gasteiger charge is 2.11. The normalized spacial score (nSPS) is 11.8. The molecule has 0 aliphatic carbocycles. The Morgan fingerprint density at radius 2 is 2.10 bits per heavy atom. The topological polar surface area (TPSA) is 73.6 Å². The second kappa shape index (κ2) is 8.11. The molecule has 0 aliphatic heterocycles. The molecule has 0 heterocycles. The number of carbonyl (C=O) groups excluding carboxylic acids is 1. The number of hydrogen-bond acceptors (Lipinski definition) is 4. The first-order valence-electron chi connectivity index (χ1n) is 6.40. The Morgan fingerprint density at radius 3 is 2.65 bits per heavy atom. The molecule has 3 N–H and O–H groups in total. The van der Waals surface area contributed by atoms with Gasteiger partial charge >= 0.3 is 0 Å². The van der Waals surface area contributed by atoms with Gasteiger partial charge in [-0.3, -0.25) is 4.79 Å². The highest BCUT2D eigenvalue weighted by molar-refractivity contribution is 9.10. The number of amides is 1. The van der Waals surface area contributed by atoms with Crippen molar-refractivity contribution in [3.8, 4) is 11.5 Å². The Labute approximate surface area is 127 Å². The van der Waals surface area contributed by atoms with Crippen molar-refractivity contribution in [1.29, 1.82) is 0 Å². The Bertz CT molecular complexity index is 464. The lowest BCUT2D eigenvalue weighted by molar-refractivity contribution is -0.121. The van der Waals surface area contributed by atoms with Crippen LogP contribution >= 0.6 is 15.9 Å². The summed E-state index contributed by atoms with van der Waals surface area (Å²) in [5.74, 6) is 1.26. The number of ether oxygens (including phenoxy) is 2. The summed E-state index contributed by atoms with van der Waals surface area (Å²) in [7, 11) is 3.16. The molecule has 5 nitrogen and oxygen atoms in total. The number of hydrogen-bond donors (Lipinski definition) is 2. The molecule has 0 spiro atoms. The molecule has 1 aromatic rings. The summed E-state index contributed by atoms with van der Waals surface area (Å²) in [4.78, 5) is 11.6. The third-order valence-corrected chi connectivity index (χ3v) is 3.40. The molecule has 0 saturated carbocycles. The van der Waals surface area contributed by atoms with E-state index in [9.17, 15) is 4.79 Å². The van der Waals surface area contributed by atoms with Gasteiger partial charge in [-0.25, -0.2) is 0 Å². The van der Waals surface area contributed by atoms with Gasteiger partial charge < -0.3 is 20.5 Å². The molecular weight excluding hydrogens is 324 g/mol. The van der Waals surface area contributed by atoms with Crippen LogP contribution in [-0.4, -0.2) is 26.2 Å². The van der Waals surface area contributed by atoms with E-state index in [-0.39, 0.29) is 11.9 Å². The van der Waals surface area contributed by atoms with Crippen molar-refractivity contribution in [2.75, 3.05) is 14.2 Å². The first-order valence-corrected chi connectivity index (χ1v) is 7.20. The van der Waals surface area contributed by atoms with Crippen LogP contribution in [0, 0.1) is 0 Å². The first-order chi connectivity index (χ1) is 9.47. The number of nitrogens with two attached hydrogens (primary N) is 1. The number of rotatable bonds is 7. The molecule has 0 aromatic heterocycles. The van der Waals surface area contributed by atoms with E-state index in [4.69, 9.17) is 15.2 Å². The van der Waals surface area contributed by atoms with Crippen LogP contribution in [0.15, 0.2) is 16.6 Å². The van der Waals surface area contributed by atoms with Crippen molar-refractivity contribution in [3.05, 3.63) is 22.2 Å². The van der Waals surface area contributed by atoms with Crippen molar-refractivity contribution < 1.29 is 14.3 Å². The van der Waals surface area contributed by atoms with Gasteiger partial charge in [-0.05, 0) is 47.0 Å². The fraction of sp³-hybridized carbons (Fsp3) is 0.500. The molecular formula is C14H21BrN2O3. The molecule has 1 aromatic carbocycles. The van der Waals surface area contributed by atoms with Crippen LogP contribution in [0.5, 0.6) is 11.5 Å². The maximum Gasteiger partial charge on any atom is 0.220 e. The van der Waals surface area contributed by atoms with Crippen LogP contribution < -0.4 is 20.5 Å². The maximum absolute atomic E-state index is 11.6. The monoisotopic (exact) mass is 344 g/mol. The van der Waals surface area contributed by atoms with Gasteiger partial charge in [0.1, 0.15) is 0 Å². The fourth-order valence-corrected chi connectivity index (χ4v) is 2.37. The molecule has 112 valence electrons. The van der Waals surface area contributed by atoms with Crippen molar-refractivity contribution in [2.24, 2.45) is 5.73 Å². The Morgan fingerprint density at radius 1 is 1.40 bits per heavy atom. The average Bonchev–Trinajstić information content (AvgIpc) is 2.42. The molecule has 1 unspecified atom stereocenters. The van der Waals surface area contributed by atoms with Crippen LogP contribution in [0.3, 0.4) is 0 Å². The number of methoxy groups -OCH3 is 2. The smallest absolute Gasteiger partial charge is 0.220 e. The van der Waals surface area contributed by atoms with E-state index in [2.05, 4.69) is 21.2 Å². The number of carbonyl (C=O) groups is 1. The van der Waals surface area contributed by atoms with E-state index >= 15 is 0 Å². The van der Waals surface area contributed by atoms with Crippen LogP contribution in [0.4, 0.5) is 0 Å². The fourth-order valence-electron chi connectivity index (χ4n) is 1.72. The summed E-state index contributed by atoms with van der Waals surface area (Å²) < 4.78 is 11.3. The molecule has 0 fully saturated rings. The standard InChI is InChI=1S/C14H21BrN2O3/c1-9(16)4-5-13(18)17-8-10-6-11(15)14(20-3)12(7-10)19-2/h6-7,9H,4-5,8,16H2,1-3H3,(H,17,18). The summed E-state index contributed by atoms with van der Waals surface area (Å²) >= 11 is 3.42. The van der Waals surface area contributed by atoms with Crippen LogP contribution in [0.2, 0.25) is 0 Å². The lowest BCUT2D eigenvalue weighted by Gasteiger charge is -2.12. The molecule has 0 aliphatic rings. The zero-order chi connectivity index (χ0) is 15.1. The van der Waals surface area contributed by atoms with E-state index in [0.717, 1.165) is 10.0 Å². The van der Waals surface area contributed by atoms with Crippen LogP contribution in [0.25, 0.3) is 0 Å². The summed E-state index contributed by atoms with van der Waals surface area (Å²) in [5.41, 5.74) is 6.56. The zero-order valence-corrected chi connectivity index (χ0v) is 13.6. The average molecular weight is 345 g/mol. The molecule has 0 saturated heterocycles. The summed E-state index contributed by atoms with van der Waals surface area (Å²) in [6.07, 6.45) is 1.12. The number of halogens is 1. The summed E-state index contributed by atoms with van der Waals surface area (Å²) in [6, 6.07) is 3.78. The largest absolute Gasteiger partial charge is 0.493 e. The van der Waals surface area contributed by atoms with Crippen molar-refractivity contribution in [1.82, 2.24) is 5.32 Å². The van der Waals surface area contributed by atoms with E-state index in [1.54, 1.807) is 14.2 Å². The van der Waals surface area contributed by atoms with E-state index < -0.39 is 0 Å². The molecule has 0 bridgehead atoms. The van der Waals surface area contributed by atoms with E-state index in [0.29, 0.717) is 30.9 Å². The third kappa shape index (κ3) is 5.02. The van der Waals surface area contributed by atoms with Gasteiger partial charge in [0.05, 0.1) is 18.7 Å². The predicted molar refractivity (Wildman–Crippen MR) is 82.0 cm³/mol. The minimum absolute atomic E-state index is 0.00629. The van der Waals surface area contributed by atoms with Gasteiger partial charge in [0.25, 0.3) is 0 Å². The van der Waals surface area contributed by atoms with Gasteiger partial charge in [0, 0.05) is 19.0 Å². The lowest BCUT2D eigenvalue weighted by atomic mass is 10.1. The van der Waals surface area contributed by atoms with Gasteiger partial charge in [-0.2, -0.15) is 0 Å². The Hall–Kier alpha value is -1.27. The van der Waals surface area contributed by atoms with E-state index in [1.807, 2.05) is 19.1 Å². The molecule has 0 radical (unpaired) electrons. The Kier molecular flexibility index (Phi) is 6.81. The predicted octanol–water partition coefficient (Wildman–Crippen LogP) is 2.21. The zero-order valence-electron chi connectivity index (χ0n) is 12.0. The number of nitrogens with one attached hydrogen (secondary N) is 1. The molecule has 1 amide bonds. The minimum Gasteiger partial charge on any atom is -0.493 e. The van der Waals surface area contributed by atoms with Crippen molar-refractivity contribution in [3.63, 3.8) is 0 Å². The van der Waals surface area contributed by atoms with Crippen LogP contribution in [-0.2, 0) is 11.3 Å². The van der Waals surface area contributed by atoms with Gasteiger partial charge in [-0.1, -0.05) is 0 Å². The quantitative estimate of drug-likeness (QED) is 0.795. The Balaban J connectivity index is 2.64. The second-order valence-electron chi connectivity index (χ2n) is 4.61. The van der Waals surface area contributed by atoms with Crippen LogP contribution in [0.1, 0.15) is 25.3 Å². The SMILES string of the molecule is COc1cc(CNC(=O)CCC(C)N)cc(Br)c1OC. The highest BCUT2D eigenvalue weighted by Crippen LogP contribution is 2.36. The van der Waals surface area contributed by atoms with Crippen molar-refractivity contribution >= 4 is 21.8 Å². The van der Waals surface area contributed by atoms with Gasteiger partial charge in [-0.15, -0.1) is 0 Å². The third-order valence-electron chi connectivity index (χ3n) is 2.81.